The quantitative estimate of drug-likeness (QED) is 0.728. The van der Waals surface area contributed by atoms with Crippen molar-refractivity contribution < 1.29 is 0 Å². The van der Waals surface area contributed by atoms with Crippen LogP contribution in [0.2, 0.25) is 0 Å². The van der Waals surface area contributed by atoms with Crippen molar-refractivity contribution in [2.75, 3.05) is 26.2 Å². The average molecular weight is 212 g/mol. The molecule has 1 N–H and O–H groups in total. The summed E-state index contributed by atoms with van der Waals surface area (Å²) in [4.78, 5) is 2.65. The van der Waals surface area contributed by atoms with Gasteiger partial charge < -0.3 is 10.2 Å². The minimum Gasteiger partial charge on any atom is -0.316 e. The zero-order valence-corrected chi connectivity index (χ0v) is 11.0. The first-order valence-electron chi connectivity index (χ1n) is 6.58. The third-order valence-corrected chi connectivity index (χ3v) is 3.86. The van der Waals surface area contributed by atoms with Crippen LogP contribution in [0.15, 0.2) is 0 Å². The molecule has 1 rings (SSSR count). The van der Waals surface area contributed by atoms with E-state index in [4.69, 9.17) is 0 Å². The van der Waals surface area contributed by atoms with Gasteiger partial charge in [-0.1, -0.05) is 13.8 Å². The molecule has 2 heteroatoms. The van der Waals surface area contributed by atoms with E-state index in [0.29, 0.717) is 11.5 Å². The highest BCUT2D eigenvalue weighted by Crippen LogP contribution is 2.31. The fraction of sp³-hybridized carbons (Fsp3) is 1.00. The highest BCUT2D eigenvalue weighted by Gasteiger charge is 2.34. The van der Waals surface area contributed by atoms with Gasteiger partial charge in [-0.25, -0.2) is 0 Å². The van der Waals surface area contributed by atoms with Gasteiger partial charge in [-0.2, -0.15) is 0 Å². The molecule has 0 saturated carbocycles. The second-order valence-electron chi connectivity index (χ2n) is 5.34. The molecule has 0 radical (unpaired) electrons. The first-order chi connectivity index (χ1) is 7.13. The fourth-order valence-electron chi connectivity index (χ4n) is 2.58. The van der Waals surface area contributed by atoms with E-state index >= 15 is 0 Å². The van der Waals surface area contributed by atoms with E-state index < -0.39 is 0 Å². The van der Waals surface area contributed by atoms with Crippen molar-refractivity contribution in [1.29, 1.82) is 0 Å². The molecule has 0 spiro atoms. The van der Waals surface area contributed by atoms with E-state index in [-0.39, 0.29) is 0 Å². The Hall–Kier alpha value is -0.0800. The van der Waals surface area contributed by atoms with Crippen LogP contribution < -0.4 is 5.32 Å². The SMILES string of the molecule is CCCN(CC1(CC)CCNC1)C(C)C. The molecule has 0 aromatic rings. The molecule has 0 bridgehead atoms. The summed E-state index contributed by atoms with van der Waals surface area (Å²) >= 11 is 0. The standard InChI is InChI=1S/C13H28N2/c1-5-9-15(12(3)4)11-13(6-2)7-8-14-10-13/h12,14H,5-11H2,1-4H3. The Kier molecular flexibility index (Phi) is 5.07. The molecule has 1 heterocycles. The smallest absolute Gasteiger partial charge is 0.00532 e. The number of rotatable bonds is 6. The van der Waals surface area contributed by atoms with Crippen molar-refractivity contribution >= 4 is 0 Å². The molecular formula is C13H28N2. The van der Waals surface area contributed by atoms with Crippen LogP contribution in [0.4, 0.5) is 0 Å². The van der Waals surface area contributed by atoms with Gasteiger partial charge in [0.25, 0.3) is 0 Å². The van der Waals surface area contributed by atoms with Gasteiger partial charge in [-0.3, -0.25) is 0 Å². The van der Waals surface area contributed by atoms with Crippen LogP contribution in [0.25, 0.3) is 0 Å². The molecule has 1 aliphatic heterocycles. The summed E-state index contributed by atoms with van der Waals surface area (Å²) in [6.07, 6.45) is 3.94. The maximum atomic E-state index is 3.52. The first kappa shape index (κ1) is 13.0. The van der Waals surface area contributed by atoms with Gasteiger partial charge in [0.2, 0.25) is 0 Å². The van der Waals surface area contributed by atoms with Crippen LogP contribution in [0.3, 0.4) is 0 Å². The van der Waals surface area contributed by atoms with Crippen LogP contribution in [-0.2, 0) is 0 Å². The van der Waals surface area contributed by atoms with E-state index in [0.717, 1.165) is 0 Å². The maximum Gasteiger partial charge on any atom is 0.00532 e. The number of nitrogens with one attached hydrogen (secondary N) is 1. The third-order valence-electron chi connectivity index (χ3n) is 3.86. The predicted molar refractivity (Wildman–Crippen MR) is 67.2 cm³/mol. The minimum atomic E-state index is 0.555. The zero-order chi connectivity index (χ0) is 11.3. The van der Waals surface area contributed by atoms with Gasteiger partial charge in [-0.15, -0.1) is 0 Å². The molecule has 1 unspecified atom stereocenters. The lowest BCUT2D eigenvalue weighted by molar-refractivity contribution is 0.129. The monoisotopic (exact) mass is 212 g/mol. The van der Waals surface area contributed by atoms with E-state index in [1.807, 2.05) is 0 Å². The van der Waals surface area contributed by atoms with Crippen LogP contribution in [0.5, 0.6) is 0 Å². The molecule has 1 aliphatic rings. The first-order valence-corrected chi connectivity index (χ1v) is 6.58. The largest absolute Gasteiger partial charge is 0.316 e. The van der Waals surface area contributed by atoms with Crippen LogP contribution >= 0.6 is 0 Å². The lowest BCUT2D eigenvalue weighted by atomic mass is 9.83. The Balaban J connectivity index is 2.54. The summed E-state index contributed by atoms with van der Waals surface area (Å²) in [6.45, 7) is 14.2. The number of hydrogen-bond acceptors (Lipinski definition) is 2. The molecule has 1 fully saturated rings. The summed E-state index contributed by atoms with van der Waals surface area (Å²) in [5.74, 6) is 0. The molecule has 0 aromatic carbocycles. The Bertz CT molecular complexity index is 171. The zero-order valence-electron chi connectivity index (χ0n) is 11.0. The summed E-state index contributed by atoms with van der Waals surface area (Å²) < 4.78 is 0. The van der Waals surface area contributed by atoms with Gasteiger partial charge in [-0.05, 0) is 51.6 Å². The second kappa shape index (κ2) is 5.86. The Morgan fingerprint density at radius 1 is 1.33 bits per heavy atom. The van der Waals surface area contributed by atoms with Crippen molar-refractivity contribution in [3.05, 3.63) is 0 Å². The second-order valence-corrected chi connectivity index (χ2v) is 5.34. The lowest BCUT2D eigenvalue weighted by Crippen LogP contribution is -2.42. The van der Waals surface area contributed by atoms with E-state index in [1.54, 1.807) is 0 Å². The molecule has 0 aromatic heterocycles. The molecule has 2 nitrogen and oxygen atoms in total. The Morgan fingerprint density at radius 3 is 2.47 bits per heavy atom. The van der Waals surface area contributed by atoms with Gasteiger partial charge in [0, 0.05) is 19.1 Å². The molecule has 1 saturated heterocycles. The van der Waals surface area contributed by atoms with Crippen molar-refractivity contribution in [3.63, 3.8) is 0 Å². The normalized spacial score (nSPS) is 26.8. The molecule has 0 aliphatic carbocycles. The summed E-state index contributed by atoms with van der Waals surface area (Å²) in [7, 11) is 0. The molecular weight excluding hydrogens is 184 g/mol. The van der Waals surface area contributed by atoms with E-state index in [1.165, 1.54) is 45.4 Å². The lowest BCUT2D eigenvalue weighted by Gasteiger charge is -2.36. The molecule has 15 heavy (non-hydrogen) atoms. The van der Waals surface area contributed by atoms with E-state index in [9.17, 15) is 0 Å². The van der Waals surface area contributed by atoms with Gasteiger partial charge in [0.1, 0.15) is 0 Å². The van der Waals surface area contributed by atoms with Crippen molar-refractivity contribution in [2.24, 2.45) is 5.41 Å². The fourth-order valence-corrected chi connectivity index (χ4v) is 2.58. The topological polar surface area (TPSA) is 15.3 Å². The number of nitrogens with zero attached hydrogens (tertiary/aromatic N) is 1. The van der Waals surface area contributed by atoms with Crippen LogP contribution in [0, 0.1) is 5.41 Å². The Morgan fingerprint density at radius 2 is 2.07 bits per heavy atom. The highest BCUT2D eigenvalue weighted by molar-refractivity contribution is 4.90. The van der Waals surface area contributed by atoms with Gasteiger partial charge in [0.15, 0.2) is 0 Å². The van der Waals surface area contributed by atoms with Gasteiger partial charge >= 0.3 is 0 Å². The minimum absolute atomic E-state index is 0.555. The maximum absolute atomic E-state index is 3.52. The predicted octanol–water partition coefficient (Wildman–Crippen LogP) is 2.50. The van der Waals surface area contributed by atoms with Crippen molar-refractivity contribution in [3.8, 4) is 0 Å². The summed E-state index contributed by atoms with van der Waals surface area (Å²) in [6, 6.07) is 0.689. The van der Waals surface area contributed by atoms with Crippen molar-refractivity contribution in [2.45, 2.75) is 53.0 Å². The van der Waals surface area contributed by atoms with E-state index in [2.05, 4.69) is 37.9 Å². The molecule has 90 valence electrons. The highest BCUT2D eigenvalue weighted by atomic mass is 15.2. The summed E-state index contributed by atoms with van der Waals surface area (Å²) in [5.41, 5.74) is 0.555. The van der Waals surface area contributed by atoms with Crippen LogP contribution in [0.1, 0.15) is 47.0 Å². The summed E-state index contributed by atoms with van der Waals surface area (Å²) in [5, 5.41) is 3.52. The molecule has 0 amide bonds. The van der Waals surface area contributed by atoms with Gasteiger partial charge in [0.05, 0.1) is 0 Å². The van der Waals surface area contributed by atoms with Crippen LogP contribution in [-0.4, -0.2) is 37.1 Å². The average Bonchev–Trinajstić information content (AvgIpc) is 2.66. The molecule has 1 atom stereocenters. The third kappa shape index (κ3) is 3.46. The number of hydrogen-bond donors (Lipinski definition) is 1. The van der Waals surface area contributed by atoms with Crippen molar-refractivity contribution in [1.82, 2.24) is 10.2 Å². The Labute approximate surface area is 95.4 Å².